The highest BCUT2D eigenvalue weighted by atomic mass is 16.2. The standard InChI is InChI=1S/C16H21N5O/c1-12-3-4-15(21-18-7-8-19-21)14(11-12)16(22)20-10-9-17-6-5-13(20)2/h3-4,7-8,11,13,17H,5-6,9-10H2,1-2H3/p+1. The maximum atomic E-state index is 13.1. The summed E-state index contributed by atoms with van der Waals surface area (Å²) in [5, 5.41) is 10.6. The maximum Gasteiger partial charge on any atom is 0.256 e. The molecule has 0 radical (unpaired) electrons. The summed E-state index contributed by atoms with van der Waals surface area (Å²) in [4.78, 5) is 16.6. The van der Waals surface area contributed by atoms with Crippen molar-refractivity contribution < 1.29 is 10.1 Å². The summed E-state index contributed by atoms with van der Waals surface area (Å²) < 4.78 is 0. The Balaban J connectivity index is 1.99. The van der Waals surface area contributed by atoms with Crippen LogP contribution in [0.2, 0.25) is 0 Å². The third kappa shape index (κ3) is 2.87. The quantitative estimate of drug-likeness (QED) is 0.871. The van der Waals surface area contributed by atoms with Crippen molar-refractivity contribution in [1.29, 1.82) is 0 Å². The molecule has 22 heavy (non-hydrogen) atoms. The summed E-state index contributed by atoms with van der Waals surface area (Å²) in [5.41, 5.74) is 2.47. The maximum absolute atomic E-state index is 13.1. The fourth-order valence-corrected chi connectivity index (χ4v) is 2.90. The van der Waals surface area contributed by atoms with E-state index in [1.165, 1.54) is 4.80 Å². The molecule has 1 fully saturated rings. The molecule has 1 aromatic heterocycles. The van der Waals surface area contributed by atoms with Gasteiger partial charge in [-0.05, 0) is 26.0 Å². The Kier molecular flexibility index (Phi) is 4.20. The molecule has 1 unspecified atom stereocenters. The van der Waals surface area contributed by atoms with Gasteiger partial charge in [-0.3, -0.25) is 4.79 Å². The Hall–Kier alpha value is -2.21. The van der Waals surface area contributed by atoms with Gasteiger partial charge in [0.05, 0.1) is 43.3 Å². The van der Waals surface area contributed by atoms with Crippen LogP contribution in [-0.4, -0.2) is 51.5 Å². The second-order valence-electron chi connectivity index (χ2n) is 5.84. The van der Waals surface area contributed by atoms with Crippen molar-refractivity contribution in [3.05, 3.63) is 41.7 Å². The summed E-state index contributed by atoms with van der Waals surface area (Å²) >= 11 is 0. The summed E-state index contributed by atoms with van der Waals surface area (Å²) in [5.74, 6) is 0.0683. The molecule has 1 aliphatic rings. The van der Waals surface area contributed by atoms with Crippen LogP contribution in [0.25, 0.3) is 5.69 Å². The number of hydrogen-bond acceptors (Lipinski definition) is 3. The fraction of sp³-hybridized carbons (Fsp3) is 0.438. The van der Waals surface area contributed by atoms with Gasteiger partial charge >= 0.3 is 0 Å². The van der Waals surface area contributed by atoms with Gasteiger partial charge in [-0.1, -0.05) is 11.6 Å². The molecule has 3 rings (SSSR count). The van der Waals surface area contributed by atoms with E-state index in [-0.39, 0.29) is 11.9 Å². The Morgan fingerprint density at radius 1 is 1.27 bits per heavy atom. The number of benzene rings is 1. The molecule has 1 aliphatic heterocycles. The van der Waals surface area contributed by atoms with E-state index in [1.807, 2.05) is 30.0 Å². The van der Waals surface area contributed by atoms with E-state index in [0.717, 1.165) is 37.3 Å². The Morgan fingerprint density at radius 2 is 2.05 bits per heavy atom. The number of nitrogens with two attached hydrogens (primary N) is 1. The van der Waals surface area contributed by atoms with Crippen LogP contribution in [-0.2, 0) is 0 Å². The predicted molar refractivity (Wildman–Crippen MR) is 82.9 cm³/mol. The van der Waals surface area contributed by atoms with Crippen LogP contribution in [0, 0.1) is 6.92 Å². The second kappa shape index (κ2) is 6.27. The molecule has 0 bridgehead atoms. The molecule has 1 amide bonds. The summed E-state index contributed by atoms with van der Waals surface area (Å²) in [7, 11) is 0. The van der Waals surface area contributed by atoms with E-state index in [2.05, 4.69) is 22.4 Å². The number of rotatable bonds is 2. The molecule has 6 nitrogen and oxygen atoms in total. The number of aryl methyl sites for hydroxylation is 1. The Bertz CT molecular complexity index is 653. The van der Waals surface area contributed by atoms with Gasteiger partial charge in [0.25, 0.3) is 5.91 Å². The topological polar surface area (TPSA) is 67.6 Å². The molecule has 0 spiro atoms. The highest BCUT2D eigenvalue weighted by Crippen LogP contribution is 2.19. The molecule has 1 aromatic carbocycles. The van der Waals surface area contributed by atoms with E-state index in [9.17, 15) is 4.79 Å². The van der Waals surface area contributed by atoms with Crippen LogP contribution < -0.4 is 5.32 Å². The molecule has 1 atom stereocenters. The second-order valence-corrected chi connectivity index (χ2v) is 5.84. The molecule has 1 saturated heterocycles. The minimum Gasteiger partial charge on any atom is -0.345 e. The highest BCUT2D eigenvalue weighted by molar-refractivity contribution is 5.98. The van der Waals surface area contributed by atoms with Crippen molar-refractivity contribution in [2.75, 3.05) is 19.6 Å². The third-order valence-electron chi connectivity index (χ3n) is 4.17. The van der Waals surface area contributed by atoms with Crippen LogP contribution in [0.4, 0.5) is 0 Å². The number of nitrogens with zero attached hydrogens (tertiary/aromatic N) is 4. The molecule has 0 aliphatic carbocycles. The lowest BCUT2D eigenvalue weighted by Crippen LogP contribution is -2.84. The number of amides is 1. The first kappa shape index (κ1) is 14.7. The first-order valence-electron chi connectivity index (χ1n) is 7.77. The van der Waals surface area contributed by atoms with Crippen molar-refractivity contribution >= 4 is 5.91 Å². The van der Waals surface area contributed by atoms with Gasteiger partial charge in [-0.2, -0.15) is 15.0 Å². The Labute approximate surface area is 130 Å². The van der Waals surface area contributed by atoms with Gasteiger partial charge < -0.3 is 10.2 Å². The molecular formula is C16H22N5O+. The average Bonchev–Trinajstić information content (AvgIpc) is 2.95. The number of hydrogen-bond donors (Lipinski definition) is 1. The predicted octanol–water partition coefficient (Wildman–Crippen LogP) is 0.374. The lowest BCUT2D eigenvalue weighted by Gasteiger charge is -2.26. The molecule has 2 aromatic rings. The number of carbonyl (C=O) groups excluding carboxylic acids is 1. The largest absolute Gasteiger partial charge is 0.345 e. The van der Waals surface area contributed by atoms with E-state index < -0.39 is 0 Å². The SMILES string of the molecule is Cc1ccc(-n2nccn2)c(C(=O)N2CC[NH2+]CCC2C)c1. The monoisotopic (exact) mass is 300 g/mol. The van der Waals surface area contributed by atoms with E-state index in [1.54, 1.807) is 12.4 Å². The van der Waals surface area contributed by atoms with Crippen molar-refractivity contribution in [3.63, 3.8) is 0 Å². The zero-order valence-electron chi connectivity index (χ0n) is 13.1. The minimum absolute atomic E-state index is 0.0683. The first-order chi connectivity index (χ1) is 10.7. The van der Waals surface area contributed by atoms with Crippen molar-refractivity contribution in [2.24, 2.45) is 0 Å². The van der Waals surface area contributed by atoms with Gasteiger partial charge in [0.2, 0.25) is 0 Å². The molecule has 2 heterocycles. The van der Waals surface area contributed by atoms with Gasteiger partial charge in [0, 0.05) is 12.5 Å². The summed E-state index contributed by atoms with van der Waals surface area (Å²) in [6.07, 6.45) is 4.27. The summed E-state index contributed by atoms with van der Waals surface area (Å²) in [6.45, 7) is 6.93. The lowest BCUT2D eigenvalue weighted by atomic mass is 10.1. The molecule has 0 saturated carbocycles. The molecule has 2 N–H and O–H groups in total. The number of carbonyl (C=O) groups is 1. The van der Waals surface area contributed by atoms with E-state index in [0.29, 0.717) is 5.56 Å². The molecule has 116 valence electrons. The minimum atomic E-state index is 0.0683. The first-order valence-corrected chi connectivity index (χ1v) is 7.77. The number of quaternary nitrogens is 1. The van der Waals surface area contributed by atoms with Crippen LogP contribution in [0.15, 0.2) is 30.6 Å². The van der Waals surface area contributed by atoms with Gasteiger partial charge in [0.1, 0.15) is 0 Å². The van der Waals surface area contributed by atoms with Gasteiger partial charge in [-0.25, -0.2) is 0 Å². The fourth-order valence-electron chi connectivity index (χ4n) is 2.90. The number of aromatic nitrogens is 3. The van der Waals surface area contributed by atoms with E-state index >= 15 is 0 Å². The summed E-state index contributed by atoms with van der Waals surface area (Å²) in [6, 6.07) is 6.08. The van der Waals surface area contributed by atoms with Crippen molar-refractivity contribution in [3.8, 4) is 5.69 Å². The van der Waals surface area contributed by atoms with Crippen LogP contribution in [0.3, 0.4) is 0 Å². The zero-order chi connectivity index (χ0) is 15.5. The zero-order valence-corrected chi connectivity index (χ0v) is 13.1. The third-order valence-corrected chi connectivity index (χ3v) is 4.17. The van der Waals surface area contributed by atoms with E-state index in [4.69, 9.17) is 0 Å². The van der Waals surface area contributed by atoms with Crippen LogP contribution >= 0.6 is 0 Å². The highest BCUT2D eigenvalue weighted by Gasteiger charge is 2.26. The van der Waals surface area contributed by atoms with Crippen molar-refractivity contribution in [1.82, 2.24) is 19.9 Å². The molecular weight excluding hydrogens is 278 g/mol. The van der Waals surface area contributed by atoms with Gasteiger partial charge in [-0.15, -0.1) is 0 Å². The normalized spacial score (nSPS) is 19.0. The van der Waals surface area contributed by atoms with Crippen LogP contribution in [0.5, 0.6) is 0 Å². The Morgan fingerprint density at radius 3 is 2.82 bits per heavy atom. The van der Waals surface area contributed by atoms with Crippen LogP contribution in [0.1, 0.15) is 29.3 Å². The average molecular weight is 300 g/mol. The molecule has 6 heteroatoms. The smallest absolute Gasteiger partial charge is 0.256 e. The lowest BCUT2D eigenvalue weighted by molar-refractivity contribution is -0.651. The van der Waals surface area contributed by atoms with Gasteiger partial charge in [0.15, 0.2) is 0 Å². The van der Waals surface area contributed by atoms with Crippen molar-refractivity contribution in [2.45, 2.75) is 26.3 Å².